The van der Waals surface area contributed by atoms with Crippen LogP contribution in [0.25, 0.3) is 33.2 Å². The summed E-state index contributed by atoms with van der Waals surface area (Å²) in [7, 11) is 5.56. The van der Waals surface area contributed by atoms with E-state index in [0.29, 0.717) is 29.9 Å². The molecule has 0 aliphatic heterocycles. The Balaban J connectivity index is 1.38. The number of nitrogens with zero attached hydrogens (tertiary/aromatic N) is 4. The summed E-state index contributed by atoms with van der Waals surface area (Å²) in [5, 5.41) is 0.883. The number of ether oxygens (including phenoxy) is 2. The fraction of sp³-hybridized carbons (Fsp3) is 0.194. The van der Waals surface area contributed by atoms with Gasteiger partial charge in [-0.05, 0) is 80.5 Å². The van der Waals surface area contributed by atoms with Crippen LogP contribution in [0.1, 0.15) is 6.42 Å². The summed E-state index contributed by atoms with van der Waals surface area (Å²) in [6.45, 7) is 1.53. The van der Waals surface area contributed by atoms with E-state index in [1.165, 1.54) is 19.2 Å². The fourth-order valence-electron chi connectivity index (χ4n) is 4.30. The van der Waals surface area contributed by atoms with Crippen LogP contribution < -0.4 is 19.9 Å². The van der Waals surface area contributed by atoms with E-state index in [-0.39, 0.29) is 4.90 Å². The number of fused-ring (bicyclic) bond motifs is 1. The Bertz CT molecular complexity index is 1700. The highest BCUT2D eigenvalue weighted by Crippen LogP contribution is 2.35. The van der Waals surface area contributed by atoms with Gasteiger partial charge in [0.05, 0.1) is 24.1 Å². The molecule has 3 heterocycles. The van der Waals surface area contributed by atoms with Crippen molar-refractivity contribution in [1.82, 2.24) is 19.9 Å². The second kappa shape index (κ2) is 13.0. The van der Waals surface area contributed by atoms with Gasteiger partial charge in [0.15, 0.2) is 0 Å². The van der Waals surface area contributed by atoms with Crippen LogP contribution in [0.4, 0.5) is 20.3 Å². The molecule has 3 aromatic heterocycles. The third kappa shape index (κ3) is 6.87. The molecular formula is C31H30F2N6O2S. The lowest BCUT2D eigenvalue weighted by Gasteiger charge is -2.13. The highest BCUT2D eigenvalue weighted by atomic mass is 32.2. The van der Waals surface area contributed by atoms with Gasteiger partial charge in [0.2, 0.25) is 11.8 Å². The van der Waals surface area contributed by atoms with Crippen molar-refractivity contribution in [1.29, 1.82) is 0 Å². The van der Waals surface area contributed by atoms with Gasteiger partial charge >= 0.3 is 0 Å². The maximum atomic E-state index is 14.1. The monoisotopic (exact) mass is 588 g/mol. The highest BCUT2D eigenvalue weighted by molar-refractivity contribution is 8.00. The molecule has 0 spiro atoms. The van der Waals surface area contributed by atoms with Crippen molar-refractivity contribution in [3.8, 4) is 34.0 Å². The van der Waals surface area contributed by atoms with Crippen LogP contribution in [0.3, 0.4) is 0 Å². The topological polar surface area (TPSA) is 98.4 Å². The molecule has 216 valence electrons. The van der Waals surface area contributed by atoms with Crippen LogP contribution in [0, 0.1) is 11.6 Å². The van der Waals surface area contributed by atoms with E-state index in [9.17, 15) is 8.78 Å². The van der Waals surface area contributed by atoms with E-state index in [1.807, 2.05) is 56.6 Å². The summed E-state index contributed by atoms with van der Waals surface area (Å²) < 4.78 is 41.6. The normalized spacial score (nSPS) is 11.2. The van der Waals surface area contributed by atoms with Crippen molar-refractivity contribution in [2.45, 2.75) is 11.3 Å². The Labute approximate surface area is 247 Å². The summed E-state index contributed by atoms with van der Waals surface area (Å²) in [5.74, 6) is -0.000520. The van der Waals surface area contributed by atoms with Crippen LogP contribution in [0.15, 0.2) is 78.0 Å². The molecule has 5 rings (SSSR count). The molecule has 0 atom stereocenters. The van der Waals surface area contributed by atoms with E-state index < -0.39 is 11.6 Å². The lowest BCUT2D eigenvalue weighted by molar-refractivity contribution is 0.273. The zero-order valence-corrected chi connectivity index (χ0v) is 24.2. The number of rotatable bonds is 11. The zero-order valence-electron chi connectivity index (χ0n) is 23.4. The summed E-state index contributed by atoms with van der Waals surface area (Å²) >= 11 is 1.00. The first-order chi connectivity index (χ1) is 20.3. The summed E-state index contributed by atoms with van der Waals surface area (Å²) in [5.41, 5.74) is 10.9. The average molecular weight is 589 g/mol. The highest BCUT2D eigenvalue weighted by Gasteiger charge is 2.13. The Hall–Kier alpha value is -4.48. The third-order valence-electron chi connectivity index (χ3n) is 6.43. The van der Waals surface area contributed by atoms with Gasteiger partial charge in [0.25, 0.3) is 0 Å². The van der Waals surface area contributed by atoms with Crippen molar-refractivity contribution in [2.75, 3.05) is 44.8 Å². The molecule has 0 unspecified atom stereocenters. The molecule has 3 N–H and O–H groups in total. The van der Waals surface area contributed by atoms with E-state index >= 15 is 0 Å². The molecule has 11 heteroatoms. The predicted octanol–water partition coefficient (Wildman–Crippen LogP) is 6.68. The summed E-state index contributed by atoms with van der Waals surface area (Å²) in [4.78, 5) is 15.8. The minimum atomic E-state index is -0.662. The molecule has 0 aliphatic rings. The van der Waals surface area contributed by atoms with Crippen molar-refractivity contribution in [3.05, 3.63) is 84.7 Å². The van der Waals surface area contributed by atoms with E-state index in [0.717, 1.165) is 64.1 Å². The van der Waals surface area contributed by atoms with Crippen molar-refractivity contribution < 1.29 is 18.3 Å². The summed E-state index contributed by atoms with van der Waals surface area (Å²) in [6.07, 6.45) is 4.34. The number of anilines is 2. The first kappa shape index (κ1) is 29.0. The lowest BCUT2D eigenvalue weighted by Crippen LogP contribution is -2.15. The van der Waals surface area contributed by atoms with Crippen molar-refractivity contribution in [3.63, 3.8) is 0 Å². The largest absolute Gasteiger partial charge is 0.480 e. The minimum Gasteiger partial charge on any atom is -0.480 e. The number of benzene rings is 2. The van der Waals surface area contributed by atoms with Gasteiger partial charge < -0.3 is 24.8 Å². The molecule has 0 fully saturated rings. The number of methoxy groups -OCH3 is 1. The quantitative estimate of drug-likeness (QED) is 0.129. The molecular weight excluding hydrogens is 558 g/mol. The molecule has 0 saturated carbocycles. The average Bonchev–Trinajstić information content (AvgIpc) is 2.98. The second-order valence-corrected chi connectivity index (χ2v) is 10.6. The number of aromatic nitrogens is 3. The SMILES string of the molecule is COc1ncc(-c2ccc3nc(N)c(-c4ccc(OCCCN(C)C)nc4)cc3c2)cc1NSc1ccc(F)cc1F. The molecule has 0 radical (unpaired) electrons. The second-order valence-electron chi connectivity index (χ2n) is 9.78. The third-order valence-corrected chi connectivity index (χ3v) is 7.31. The number of hydrogen-bond acceptors (Lipinski definition) is 9. The van der Waals surface area contributed by atoms with Gasteiger partial charge in [-0.3, -0.25) is 0 Å². The van der Waals surface area contributed by atoms with Gasteiger partial charge in [-0.15, -0.1) is 0 Å². The predicted molar refractivity (Wildman–Crippen MR) is 164 cm³/mol. The van der Waals surface area contributed by atoms with E-state index in [4.69, 9.17) is 15.2 Å². The number of halogens is 2. The Morgan fingerprint density at radius 2 is 1.74 bits per heavy atom. The Morgan fingerprint density at radius 1 is 0.929 bits per heavy atom. The van der Waals surface area contributed by atoms with Crippen LogP contribution >= 0.6 is 11.9 Å². The zero-order chi connectivity index (χ0) is 29.6. The Kier molecular flexibility index (Phi) is 8.99. The molecule has 8 nitrogen and oxygen atoms in total. The van der Waals surface area contributed by atoms with Gasteiger partial charge in [-0.2, -0.15) is 0 Å². The van der Waals surface area contributed by atoms with Gasteiger partial charge in [0, 0.05) is 53.1 Å². The molecule has 0 aliphatic carbocycles. The maximum Gasteiger partial charge on any atom is 0.237 e. The summed E-state index contributed by atoms with van der Waals surface area (Å²) in [6, 6.07) is 16.8. The molecule has 2 aromatic carbocycles. The van der Waals surface area contributed by atoms with Crippen LogP contribution in [0.5, 0.6) is 11.8 Å². The van der Waals surface area contributed by atoms with Gasteiger partial charge in [-0.25, -0.2) is 23.7 Å². The van der Waals surface area contributed by atoms with E-state index in [2.05, 4.69) is 24.6 Å². The fourth-order valence-corrected chi connectivity index (χ4v) is 4.96. The van der Waals surface area contributed by atoms with Crippen LogP contribution in [-0.2, 0) is 0 Å². The van der Waals surface area contributed by atoms with E-state index in [1.54, 1.807) is 12.4 Å². The number of nitrogens with one attached hydrogen (secondary N) is 1. The van der Waals surface area contributed by atoms with Gasteiger partial charge in [-0.1, -0.05) is 6.07 Å². The molecule has 0 saturated heterocycles. The van der Waals surface area contributed by atoms with Gasteiger partial charge in [0.1, 0.15) is 23.1 Å². The number of nitrogen functional groups attached to an aromatic ring is 1. The molecule has 0 bridgehead atoms. The number of nitrogens with two attached hydrogens (primary N) is 1. The first-order valence-corrected chi connectivity index (χ1v) is 14.0. The van der Waals surface area contributed by atoms with Crippen molar-refractivity contribution >= 4 is 34.4 Å². The minimum absolute atomic E-state index is 0.240. The first-order valence-electron chi connectivity index (χ1n) is 13.2. The molecule has 5 aromatic rings. The van der Waals surface area contributed by atoms with Crippen LogP contribution in [-0.4, -0.2) is 54.2 Å². The number of hydrogen-bond donors (Lipinski definition) is 2. The lowest BCUT2D eigenvalue weighted by atomic mass is 10.0. The molecule has 0 amide bonds. The smallest absolute Gasteiger partial charge is 0.237 e. The maximum absolute atomic E-state index is 14.1. The van der Waals surface area contributed by atoms with Crippen molar-refractivity contribution in [2.24, 2.45) is 0 Å². The Morgan fingerprint density at radius 3 is 2.48 bits per heavy atom. The standard InChI is InChI=1S/C31H30F2N6O2S/c1-39(2)11-4-12-41-29-10-6-20(17-35-29)24-14-21-13-19(5-8-26(21)37-30(24)34)22-15-27(31(40-3)36-18-22)38-42-28-9-7-23(32)16-25(28)33/h5-10,13-18,38H,4,11-12H2,1-3H3,(H2,34,37). The number of pyridine rings is 3. The van der Waals surface area contributed by atoms with Crippen LogP contribution in [0.2, 0.25) is 0 Å². The molecule has 42 heavy (non-hydrogen) atoms.